The molecule has 0 spiro atoms. The maximum atomic E-state index is 5.39. The fourth-order valence-electron chi connectivity index (χ4n) is 3.09. The number of rotatable bonds is 9. The molecule has 0 amide bonds. The number of aryl methyl sites for hydroxylation is 1. The quantitative estimate of drug-likeness (QED) is 0.401. The predicted molar refractivity (Wildman–Crippen MR) is 120 cm³/mol. The Balaban J connectivity index is 1.58. The summed E-state index contributed by atoms with van der Waals surface area (Å²) in [5.41, 5.74) is 3.05. The number of methoxy groups -OCH3 is 2. The van der Waals surface area contributed by atoms with Crippen LogP contribution in [0.15, 0.2) is 52.0 Å². The van der Waals surface area contributed by atoms with Crippen molar-refractivity contribution < 1.29 is 14.0 Å². The molecule has 0 saturated carbocycles. The average molecular weight is 424 g/mol. The lowest BCUT2D eigenvalue weighted by Crippen LogP contribution is -2.36. The van der Waals surface area contributed by atoms with Gasteiger partial charge in [-0.05, 0) is 41.8 Å². The molecule has 8 heteroatoms. The van der Waals surface area contributed by atoms with E-state index in [1.165, 1.54) is 0 Å². The first kappa shape index (κ1) is 22.1. The van der Waals surface area contributed by atoms with Crippen LogP contribution in [0.2, 0.25) is 0 Å². The molecule has 0 atom stereocenters. The highest BCUT2D eigenvalue weighted by atomic mass is 16.5. The number of ether oxygens (including phenoxy) is 2. The van der Waals surface area contributed by atoms with Crippen LogP contribution >= 0.6 is 0 Å². The second-order valence-corrected chi connectivity index (χ2v) is 6.93. The Hall–Kier alpha value is -3.55. The van der Waals surface area contributed by atoms with Crippen LogP contribution in [0.3, 0.4) is 0 Å². The van der Waals surface area contributed by atoms with Crippen molar-refractivity contribution in [1.82, 2.24) is 20.8 Å². The van der Waals surface area contributed by atoms with Crippen LogP contribution < -0.4 is 20.1 Å². The number of aliphatic imine (C=N–C) groups is 1. The molecular formula is C23H29N5O3. The smallest absolute Gasteiger partial charge is 0.257 e. The van der Waals surface area contributed by atoms with Crippen LogP contribution in [-0.2, 0) is 19.5 Å². The highest BCUT2D eigenvalue weighted by Crippen LogP contribution is 2.27. The molecule has 31 heavy (non-hydrogen) atoms. The third-order valence-corrected chi connectivity index (χ3v) is 4.71. The number of benzene rings is 2. The second-order valence-electron chi connectivity index (χ2n) is 6.93. The number of aromatic nitrogens is 2. The molecule has 0 saturated heterocycles. The van der Waals surface area contributed by atoms with Crippen molar-refractivity contribution in [2.45, 2.75) is 32.9 Å². The summed E-state index contributed by atoms with van der Waals surface area (Å²) in [6.45, 7) is 3.30. The molecule has 2 N–H and O–H groups in total. The van der Waals surface area contributed by atoms with Crippen molar-refractivity contribution in [2.75, 3.05) is 21.3 Å². The van der Waals surface area contributed by atoms with E-state index in [2.05, 4.69) is 32.7 Å². The molecule has 8 nitrogen and oxygen atoms in total. The fraction of sp³-hybridized carbons (Fsp3) is 0.348. The van der Waals surface area contributed by atoms with Gasteiger partial charge in [0.15, 0.2) is 23.3 Å². The van der Waals surface area contributed by atoms with E-state index >= 15 is 0 Å². The summed E-state index contributed by atoms with van der Waals surface area (Å²) in [7, 11) is 5.00. The maximum Gasteiger partial charge on any atom is 0.257 e. The zero-order valence-electron chi connectivity index (χ0n) is 18.4. The number of hydrogen-bond acceptors (Lipinski definition) is 6. The Morgan fingerprint density at radius 2 is 1.74 bits per heavy atom. The number of nitrogens with zero attached hydrogens (tertiary/aromatic N) is 3. The van der Waals surface area contributed by atoms with Gasteiger partial charge in [0.2, 0.25) is 0 Å². The number of hydrogen-bond donors (Lipinski definition) is 2. The molecule has 0 bridgehead atoms. The van der Waals surface area contributed by atoms with Gasteiger partial charge in [0, 0.05) is 32.1 Å². The summed E-state index contributed by atoms with van der Waals surface area (Å²) in [6, 6.07) is 13.9. The Morgan fingerprint density at radius 1 is 1.00 bits per heavy atom. The normalized spacial score (nSPS) is 11.3. The van der Waals surface area contributed by atoms with Crippen LogP contribution in [0, 0.1) is 0 Å². The van der Waals surface area contributed by atoms with Crippen LogP contribution in [0.4, 0.5) is 0 Å². The van der Waals surface area contributed by atoms with Crippen molar-refractivity contribution in [2.24, 2.45) is 4.99 Å². The minimum absolute atomic E-state index is 0.543. The average Bonchev–Trinajstić information content (AvgIpc) is 3.28. The Labute approximate surface area is 182 Å². The summed E-state index contributed by atoms with van der Waals surface area (Å²) in [5, 5.41) is 10.7. The third-order valence-electron chi connectivity index (χ3n) is 4.71. The SMILES string of the molecule is CCCc1noc(-c2cccc(CNC(=NC)NCc3ccc(OC)c(OC)c3)c2)n1. The third kappa shape index (κ3) is 5.97. The molecule has 164 valence electrons. The van der Waals surface area contributed by atoms with Gasteiger partial charge in [0.05, 0.1) is 14.2 Å². The Bertz CT molecular complexity index is 1020. The van der Waals surface area contributed by atoms with Crippen LogP contribution in [-0.4, -0.2) is 37.4 Å². The minimum atomic E-state index is 0.543. The Morgan fingerprint density at radius 3 is 2.42 bits per heavy atom. The van der Waals surface area contributed by atoms with E-state index in [-0.39, 0.29) is 0 Å². The molecule has 3 rings (SSSR count). The van der Waals surface area contributed by atoms with Gasteiger partial charge in [-0.1, -0.05) is 30.3 Å². The molecule has 0 unspecified atom stereocenters. The maximum absolute atomic E-state index is 5.39. The zero-order valence-corrected chi connectivity index (χ0v) is 18.4. The molecule has 0 aliphatic heterocycles. The van der Waals surface area contributed by atoms with Gasteiger partial charge < -0.3 is 24.6 Å². The summed E-state index contributed by atoms with van der Waals surface area (Å²) in [5.74, 6) is 3.38. The number of guanidine groups is 1. The summed E-state index contributed by atoms with van der Waals surface area (Å²) in [6.07, 6.45) is 1.80. The van der Waals surface area contributed by atoms with Gasteiger partial charge in [0.1, 0.15) is 0 Å². The summed E-state index contributed by atoms with van der Waals surface area (Å²) in [4.78, 5) is 8.76. The van der Waals surface area contributed by atoms with Gasteiger partial charge in [-0.25, -0.2) is 0 Å². The minimum Gasteiger partial charge on any atom is -0.493 e. The lowest BCUT2D eigenvalue weighted by molar-refractivity contribution is 0.354. The van der Waals surface area contributed by atoms with Crippen LogP contribution in [0.1, 0.15) is 30.3 Å². The molecule has 0 aliphatic rings. The van der Waals surface area contributed by atoms with Crippen molar-refractivity contribution in [3.63, 3.8) is 0 Å². The lowest BCUT2D eigenvalue weighted by Gasteiger charge is -2.14. The van der Waals surface area contributed by atoms with E-state index in [1.54, 1.807) is 21.3 Å². The highest BCUT2D eigenvalue weighted by Gasteiger charge is 2.09. The predicted octanol–water partition coefficient (Wildman–Crippen LogP) is 3.57. The second kappa shape index (κ2) is 11.0. The van der Waals surface area contributed by atoms with Gasteiger partial charge in [0.25, 0.3) is 5.89 Å². The topological polar surface area (TPSA) is 93.8 Å². The van der Waals surface area contributed by atoms with E-state index in [0.29, 0.717) is 36.4 Å². The molecule has 3 aromatic rings. The van der Waals surface area contributed by atoms with E-state index in [4.69, 9.17) is 14.0 Å². The first-order valence-electron chi connectivity index (χ1n) is 10.2. The molecule has 0 fully saturated rings. The zero-order chi connectivity index (χ0) is 22.1. The molecule has 1 heterocycles. The van der Waals surface area contributed by atoms with Gasteiger partial charge in [-0.2, -0.15) is 4.98 Å². The largest absolute Gasteiger partial charge is 0.493 e. The lowest BCUT2D eigenvalue weighted by atomic mass is 10.1. The first-order valence-corrected chi connectivity index (χ1v) is 10.2. The summed E-state index contributed by atoms with van der Waals surface area (Å²) < 4.78 is 16.0. The van der Waals surface area contributed by atoms with Gasteiger partial charge in [-0.3, -0.25) is 4.99 Å². The fourth-order valence-corrected chi connectivity index (χ4v) is 3.09. The Kier molecular flexibility index (Phi) is 7.86. The van der Waals surface area contributed by atoms with Crippen LogP contribution in [0.5, 0.6) is 11.5 Å². The molecule has 0 radical (unpaired) electrons. The van der Waals surface area contributed by atoms with Crippen molar-refractivity contribution in [3.8, 4) is 23.0 Å². The van der Waals surface area contributed by atoms with Gasteiger partial charge in [-0.15, -0.1) is 0 Å². The van der Waals surface area contributed by atoms with E-state index in [1.807, 2.05) is 42.5 Å². The highest BCUT2D eigenvalue weighted by molar-refractivity contribution is 5.79. The van der Waals surface area contributed by atoms with Crippen molar-refractivity contribution in [3.05, 3.63) is 59.4 Å². The van der Waals surface area contributed by atoms with Crippen LogP contribution in [0.25, 0.3) is 11.5 Å². The molecule has 2 aromatic carbocycles. The van der Waals surface area contributed by atoms with Crippen molar-refractivity contribution >= 4 is 5.96 Å². The molecule has 1 aromatic heterocycles. The first-order chi connectivity index (χ1) is 15.2. The number of nitrogens with one attached hydrogen (secondary N) is 2. The molecule has 0 aliphatic carbocycles. The van der Waals surface area contributed by atoms with Crippen molar-refractivity contribution in [1.29, 1.82) is 0 Å². The monoisotopic (exact) mass is 423 g/mol. The van der Waals surface area contributed by atoms with E-state index in [0.717, 1.165) is 35.4 Å². The summed E-state index contributed by atoms with van der Waals surface area (Å²) >= 11 is 0. The molecular weight excluding hydrogens is 394 g/mol. The van der Waals surface area contributed by atoms with E-state index in [9.17, 15) is 0 Å². The van der Waals surface area contributed by atoms with Gasteiger partial charge >= 0.3 is 0 Å². The van der Waals surface area contributed by atoms with E-state index < -0.39 is 0 Å². The standard InChI is InChI=1S/C23H29N5O3/c1-5-7-21-27-22(31-28-21)18-9-6-8-16(12-18)14-25-23(24-2)26-15-17-10-11-19(29-3)20(13-17)30-4/h6,8-13H,5,7,14-15H2,1-4H3,(H2,24,25,26).